The van der Waals surface area contributed by atoms with E-state index in [9.17, 15) is 9.90 Å². The number of carbonyl (C=O) groups excluding carboxylic acids is 1. The van der Waals surface area contributed by atoms with Crippen molar-refractivity contribution < 1.29 is 30.0 Å². The van der Waals surface area contributed by atoms with Crippen LogP contribution in [-0.2, 0) is 30.3 Å². The Morgan fingerprint density at radius 1 is 0.905 bits per heavy atom. The van der Waals surface area contributed by atoms with Gasteiger partial charge in [-0.15, -0.1) is 0 Å². The summed E-state index contributed by atoms with van der Waals surface area (Å²) in [7, 11) is 0. The van der Waals surface area contributed by atoms with Gasteiger partial charge in [-0.05, 0) is 0 Å². The van der Waals surface area contributed by atoms with Gasteiger partial charge in [0, 0.05) is 38.0 Å². The van der Waals surface area contributed by atoms with E-state index in [0.29, 0.717) is 0 Å². The number of aliphatic hydroxyl groups excluding tert-OH is 1. The van der Waals surface area contributed by atoms with Gasteiger partial charge in [-0.2, -0.15) is 0 Å². The average Bonchev–Trinajstić information content (AvgIpc) is 2.92. The summed E-state index contributed by atoms with van der Waals surface area (Å²) >= 11 is -1.94. The zero-order chi connectivity index (χ0) is 30.5. The van der Waals surface area contributed by atoms with Crippen molar-refractivity contribution in [3.8, 4) is 22.4 Å². The predicted octanol–water partition coefficient (Wildman–Crippen LogP) is 9.52. The van der Waals surface area contributed by atoms with Crippen molar-refractivity contribution in [2.24, 2.45) is 11.8 Å². The fourth-order valence-corrected chi connectivity index (χ4v) is 6.68. The number of nitrogens with zero attached hydrogens (tertiary/aromatic N) is 1. The van der Waals surface area contributed by atoms with E-state index in [0.717, 1.165) is 16.8 Å². The third-order valence-electron chi connectivity index (χ3n) is 7.15. The molecular weight excluding hydrogens is 755 g/mol. The third kappa shape index (κ3) is 9.49. The van der Waals surface area contributed by atoms with Crippen LogP contribution in [0.2, 0.25) is 17.3 Å². The second kappa shape index (κ2) is 14.8. The summed E-state index contributed by atoms with van der Waals surface area (Å²) in [6.45, 7) is 14.1. The summed E-state index contributed by atoms with van der Waals surface area (Å²) in [5.74, 6) is 7.49. The van der Waals surface area contributed by atoms with E-state index >= 15 is 0 Å². The minimum atomic E-state index is -1.94. The molecular formula is C37H46GeIrNO2-. The van der Waals surface area contributed by atoms with Crippen molar-refractivity contribution in [3.05, 3.63) is 96.3 Å². The maximum absolute atomic E-state index is 11.0. The molecule has 3 nitrogen and oxygen atoms in total. The maximum Gasteiger partial charge on any atom is 0.161 e. The number of aliphatic hydroxyl groups is 1. The van der Waals surface area contributed by atoms with Crippen LogP contribution in [0.5, 0.6) is 0 Å². The minimum absolute atomic E-state index is 0. The summed E-state index contributed by atoms with van der Waals surface area (Å²) in [5, 5.41) is 10.4. The molecule has 1 aromatic heterocycles. The van der Waals surface area contributed by atoms with Crippen LogP contribution in [0.15, 0.2) is 84.6 Å². The Hall–Kier alpha value is -2.53. The van der Waals surface area contributed by atoms with Crippen molar-refractivity contribution in [1.29, 1.82) is 0 Å². The molecule has 1 heterocycles. The Kier molecular flexibility index (Phi) is 12.5. The molecule has 0 unspecified atom stereocenters. The van der Waals surface area contributed by atoms with Crippen molar-refractivity contribution >= 4 is 34.3 Å². The molecule has 0 saturated carbocycles. The van der Waals surface area contributed by atoms with Gasteiger partial charge < -0.3 is 5.11 Å². The molecule has 0 aliphatic heterocycles. The van der Waals surface area contributed by atoms with Gasteiger partial charge in [-0.1, -0.05) is 27.7 Å². The van der Waals surface area contributed by atoms with E-state index in [4.69, 9.17) is 4.98 Å². The number of pyridine rings is 1. The van der Waals surface area contributed by atoms with Gasteiger partial charge in [0.05, 0.1) is 5.76 Å². The number of hydrogen-bond acceptors (Lipinski definition) is 3. The Balaban J connectivity index is 0.000000440. The van der Waals surface area contributed by atoms with Gasteiger partial charge in [-0.25, -0.2) is 0 Å². The van der Waals surface area contributed by atoms with Gasteiger partial charge in [0.1, 0.15) is 0 Å². The summed E-state index contributed by atoms with van der Waals surface area (Å²) in [6, 6.07) is 29.7. The number of rotatable bonds is 6. The summed E-state index contributed by atoms with van der Waals surface area (Å²) in [6.07, 6.45) is 1.31. The first kappa shape index (κ1) is 35.7. The Bertz CT molecular complexity index is 1530. The van der Waals surface area contributed by atoms with Gasteiger partial charge in [-0.3, -0.25) is 4.79 Å². The molecule has 4 rings (SSSR count). The third-order valence-corrected chi connectivity index (χ3v) is 11.4. The van der Waals surface area contributed by atoms with Gasteiger partial charge in [0.25, 0.3) is 0 Å². The van der Waals surface area contributed by atoms with E-state index in [-0.39, 0.29) is 48.9 Å². The predicted molar refractivity (Wildman–Crippen MR) is 179 cm³/mol. The van der Waals surface area contributed by atoms with E-state index in [1.807, 2.05) is 33.8 Å². The molecule has 5 heteroatoms. The zero-order valence-electron chi connectivity index (χ0n) is 26.8. The van der Waals surface area contributed by atoms with Crippen molar-refractivity contribution in [1.82, 2.24) is 4.98 Å². The molecule has 0 aliphatic carbocycles. The molecule has 4 aromatic rings. The second-order valence-electron chi connectivity index (χ2n) is 13.4. The van der Waals surface area contributed by atoms with Crippen molar-refractivity contribution in [3.63, 3.8) is 0 Å². The normalized spacial score (nSPS) is 12.1. The molecule has 3 aromatic carbocycles. The number of allylic oxidation sites excluding steroid dienone is 2. The van der Waals surface area contributed by atoms with Crippen molar-refractivity contribution in [2.75, 3.05) is 0 Å². The van der Waals surface area contributed by atoms with Crippen LogP contribution in [-0.4, -0.2) is 29.1 Å². The minimum Gasteiger partial charge on any atom is -0.512 e. The number of benzene rings is 3. The summed E-state index contributed by atoms with van der Waals surface area (Å²) in [5.41, 5.74) is 6.97. The first-order valence-corrected chi connectivity index (χ1v) is 21.9. The number of ketones is 1. The van der Waals surface area contributed by atoms with Gasteiger partial charge >= 0.3 is 184 Å². The molecule has 0 bridgehead atoms. The molecule has 0 saturated heterocycles. The van der Waals surface area contributed by atoms with Crippen molar-refractivity contribution in [2.45, 2.75) is 71.1 Å². The van der Waals surface area contributed by atoms with Crippen LogP contribution in [0, 0.1) is 17.9 Å². The van der Waals surface area contributed by atoms with E-state index in [1.54, 1.807) is 0 Å². The maximum atomic E-state index is 11.0. The average molecular weight is 802 g/mol. The van der Waals surface area contributed by atoms with E-state index < -0.39 is 13.3 Å². The van der Waals surface area contributed by atoms with Crippen LogP contribution in [0.1, 0.15) is 54.0 Å². The number of aromatic nitrogens is 1. The molecule has 0 aliphatic rings. The quantitative estimate of drug-likeness (QED) is 0.0916. The Morgan fingerprint density at radius 3 is 2.10 bits per heavy atom. The van der Waals surface area contributed by atoms with Crippen LogP contribution in [0.25, 0.3) is 33.3 Å². The van der Waals surface area contributed by atoms with Crippen LogP contribution < -0.4 is 4.40 Å². The van der Waals surface area contributed by atoms with Crippen LogP contribution in [0.4, 0.5) is 0 Å². The Labute approximate surface area is 269 Å². The molecule has 0 amide bonds. The molecule has 1 radical (unpaired) electrons. The Morgan fingerprint density at radius 2 is 1.55 bits per heavy atom. The van der Waals surface area contributed by atoms with E-state index in [2.05, 4.69) is 111 Å². The van der Waals surface area contributed by atoms with E-state index in [1.165, 1.54) is 32.5 Å². The summed E-state index contributed by atoms with van der Waals surface area (Å²) < 4.78 is 1.51. The zero-order valence-corrected chi connectivity index (χ0v) is 31.3. The topological polar surface area (TPSA) is 50.2 Å². The molecule has 0 fully saturated rings. The number of hydrogen-bond donors (Lipinski definition) is 1. The smallest absolute Gasteiger partial charge is 0.161 e. The largest absolute Gasteiger partial charge is 0.512 e. The second-order valence-corrected chi connectivity index (χ2v) is 24.1. The molecule has 225 valence electrons. The number of fused-ring (bicyclic) bond motifs is 1. The summed E-state index contributed by atoms with van der Waals surface area (Å²) in [4.78, 5) is 16.1. The fraction of sp³-hybridized carbons (Fsp3) is 0.351. The monoisotopic (exact) mass is 803 g/mol. The molecule has 42 heavy (non-hydrogen) atoms. The van der Waals surface area contributed by atoms with Crippen LogP contribution in [0.3, 0.4) is 0 Å². The fourth-order valence-electron chi connectivity index (χ4n) is 4.25. The number of carbonyl (C=O) groups is 1. The SMILES string of the molecule is CC(C)(C)c1cc[c-]c(-c2cc(-c3ccccc3)c3c[c]([Ge]([CH3])([CH3])[CH3])ccc3n2)c1.CC(C)C(=O)/C=C(\O)C(C)C.[Ir]. The first-order valence-electron chi connectivity index (χ1n) is 14.6. The van der Waals surface area contributed by atoms with Crippen LogP contribution >= 0.6 is 0 Å². The van der Waals surface area contributed by atoms with Gasteiger partial charge in [0.15, 0.2) is 5.78 Å². The standard InChI is InChI=1S/C28H30GeN.C9H16O2.Ir/c1-28(2,3)22-14-10-13-21(17-22)27-19-24(20-11-8-7-9-12-20)25-18-23(29(4,5)6)15-16-26(25)30-27;1-6(2)8(10)5-9(11)7(3)4;/h7-12,14-19H,1-6H3;5-7,10H,1-4H3;/q-1;;/b;8-5-;. The molecule has 0 atom stereocenters. The first-order chi connectivity index (χ1) is 19.1. The van der Waals surface area contributed by atoms with Gasteiger partial charge in [0.2, 0.25) is 0 Å². The molecule has 1 N–H and O–H groups in total. The molecule has 0 spiro atoms.